The van der Waals surface area contributed by atoms with E-state index in [2.05, 4.69) is 12.2 Å². The predicted molar refractivity (Wildman–Crippen MR) is 72.9 cm³/mol. The standard InChI is InChI=1S/C12H23NO5S/c1-2-3-4-5-6-13-12(17)19-11-10(16)9(15)8(14)7-18-11/h8-11,14-16H,2-7H2,1H3,(H,13,17)/t8-,9+,10-,11?/m1/s1. The van der Waals surface area contributed by atoms with Crippen molar-refractivity contribution in [3.63, 3.8) is 0 Å². The van der Waals surface area contributed by atoms with Gasteiger partial charge in [-0.15, -0.1) is 0 Å². The van der Waals surface area contributed by atoms with E-state index in [1.165, 1.54) is 0 Å². The summed E-state index contributed by atoms with van der Waals surface area (Å²) < 4.78 is 5.13. The van der Waals surface area contributed by atoms with Crippen LogP contribution < -0.4 is 5.32 Å². The molecular formula is C12H23NO5S. The van der Waals surface area contributed by atoms with Crippen molar-refractivity contribution >= 4 is 17.0 Å². The summed E-state index contributed by atoms with van der Waals surface area (Å²) in [5.41, 5.74) is -0.839. The Morgan fingerprint density at radius 2 is 2.00 bits per heavy atom. The third-order valence-corrected chi connectivity index (χ3v) is 3.98. The molecule has 112 valence electrons. The Labute approximate surface area is 117 Å². The molecule has 0 saturated carbocycles. The first-order valence-electron chi connectivity index (χ1n) is 6.66. The summed E-state index contributed by atoms with van der Waals surface area (Å²) in [6.45, 7) is 2.63. The average Bonchev–Trinajstić information content (AvgIpc) is 2.39. The molecule has 0 spiro atoms. The number of carbonyl (C=O) groups excluding carboxylic acids is 1. The molecule has 4 atom stereocenters. The monoisotopic (exact) mass is 293 g/mol. The van der Waals surface area contributed by atoms with Crippen LogP contribution in [0.1, 0.15) is 32.6 Å². The van der Waals surface area contributed by atoms with Crippen molar-refractivity contribution < 1.29 is 24.9 Å². The first-order chi connectivity index (χ1) is 9.06. The van der Waals surface area contributed by atoms with Crippen LogP contribution in [0.5, 0.6) is 0 Å². The molecule has 1 aliphatic heterocycles. The van der Waals surface area contributed by atoms with Gasteiger partial charge in [0.05, 0.1) is 6.61 Å². The molecule has 0 bridgehead atoms. The van der Waals surface area contributed by atoms with Gasteiger partial charge in [0.1, 0.15) is 23.7 Å². The second-order valence-corrected chi connectivity index (χ2v) is 5.71. The van der Waals surface area contributed by atoms with E-state index in [9.17, 15) is 20.1 Å². The van der Waals surface area contributed by atoms with Gasteiger partial charge in [0, 0.05) is 6.54 Å². The summed E-state index contributed by atoms with van der Waals surface area (Å²) in [7, 11) is 0. The van der Waals surface area contributed by atoms with Crippen LogP contribution in [0.25, 0.3) is 0 Å². The lowest BCUT2D eigenvalue weighted by Crippen LogP contribution is -2.52. The fourth-order valence-electron chi connectivity index (χ4n) is 1.77. The highest BCUT2D eigenvalue weighted by Gasteiger charge is 2.38. The summed E-state index contributed by atoms with van der Waals surface area (Å²) >= 11 is 0.805. The summed E-state index contributed by atoms with van der Waals surface area (Å²) in [6, 6.07) is 0. The van der Waals surface area contributed by atoms with Crippen molar-refractivity contribution in [3.05, 3.63) is 0 Å². The minimum atomic E-state index is -1.27. The predicted octanol–water partition coefficient (Wildman–Crippen LogP) is 0.448. The second-order valence-electron chi connectivity index (χ2n) is 4.64. The summed E-state index contributed by atoms with van der Waals surface area (Å²) in [6.07, 6.45) is 0.652. The molecule has 0 aliphatic carbocycles. The molecule has 4 N–H and O–H groups in total. The number of thioether (sulfide) groups is 1. The minimum absolute atomic E-state index is 0.0837. The number of aliphatic hydroxyl groups is 3. The van der Waals surface area contributed by atoms with Crippen LogP contribution >= 0.6 is 11.8 Å². The van der Waals surface area contributed by atoms with E-state index in [0.717, 1.165) is 37.4 Å². The molecule has 1 rings (SSSR count). The summed E-state index contributed by atoms with van der Waals surface area (Å²) in [4.78, 5) is 11.6. The van der Waals surface area contributed by atoms with E-state index in [0.29, 0.717) is 6.54 Å². The largest absolute Gasteiger partial charge is 0.388 e. The molecule has 1 amide bonds. The molecule has 1 fully saturated rings. The third kappa shape index (κ3) is 5.66. The van der Waals surface area contributed by atoms with E-state index in [-0.39, 0.29) is 11.8 Å². The van der Waals surface area contributed by atoms with Gasteiger partial charge in [-0.2, -0.15) is 0 Å². The number of carbonyl (C=O) groups is 1. The lowest BCUT2D eigenvalue weighted by atomic mass is 10.1. The lowest BCUT2D eigenvalue weighted by molar-refractivity contribution is -0.161. The summed E-state index contributed by atoms with van der Waals surface area (Å²) in [5.74, 6) is 0. The number of ether oxygens (including phenoxy) is 1. The Balaban J connectivity index is 2.21. The molecule has 7 heteroatoms. The molecule has 1 aliphatic rings. The Hall–Kier alpha value is -0.340. The number of unbranched alkanes of at least 4 members (excludes halogenated alkanes) is 3. The van der Waals surface area contributed by atoms with Crippen molar-refractivity contribution in [1.82, 2.24) is 5.32 Å². The normalized spacial score (nSPS) is 31.2. The van der Waals surface area contributed by atoms with Gasteiger partial charge in [-0.25, -0.2) is 0 Å². The Bertz CT molecular complexity index is 279. The van der Waals surface area contributed by atoms with Gasteiger partial charge in [-0.3, -0.25) is 4.79 Å². The van der Waals surface area contributed by atoms with Gasteiger partial charge in [-0.05, 0) is 18.2 Å². The maximum Gasteiger partial charge on any atom is 0.281 e. The zero-order valence-corrected chi connectivity index (χ0v) is 11.9. The summed E-state index contributed by atoms with van der Waals surface area (Å²) in [5, 5.41) is 30.9. The van der Waals surface area contributed by atoms with Crippen LogP contribution in [-0.2, 0) is 4.74 Å². The van der Waals surface area contributed by atoms with Crippen molar-refractivity contribution in [2.24, 2.45) is 0 Å². The van der Waals surface area contributed by atoms with Gasteiger partial charge in [-0.1, -0.05) is 26.2 Å². The molecule has 1 saturated heterocycles. The number of rotatable bonds is 6. The van der Waals surface area contributed by atoms with Crippen LogP contribution in [-0.4, -0.2) is 57.5 Å². The van der Waals surface area contributed by atoms with Crippen LogP contribution in [0, 0.1) is 0 Å². The molecule has 6 nitrogen and oxygen atoms in total. The molecule has 0 aromatic heterocycles. The van der Waals surface area contributed by atoms with E-state index < -0.39 is 23.7 Å². The SMILES string of the molecule is CCCCCCNC(=O)SC1OC[C@@H](O)[C@H](O)[C@H]1O. The van der Waals surface area contributed by atoms with Gasteiger partial charge >= 0.3 is 0 Å². The van der Waals surface area contributed by atoms with Crippen LogP contribution in [0.3, 0.4) is 0 Å². The number of amides is 1. The highest BCUT2D eigenvalue weighted by atomic mass is 32.2. The fourth-order valence-corrected chi connectivity index (χ4v) is 2.62. The van der Waals surface area contributed by atoms with E-state index in [1.807, 2.05) is 0 Å². The third-order valence-electron chi connectivity index (χ3n) is 2.98. The first-order valence-corrected chi connectivity index (χ1v) is 7.54. The number of aliphatic hydroxyl groups excluding tert-OH is 3. The van der Waals surface area contributed by atoms with Gasteiger partial charge < -0.3 is 25.4 Å². The smallest absolute Gasteiger partial charge is 0.281 e. The first kappa shape index (κ1) is 16.7. The van der Waals surface area contributed by atoms with E-state index in [4.69, 9.17) is 4.74 Å². The second kappa shape index (κ2) is 8.76. The zero-order valence-electron chi connectivity index (χ0n) is 11.1. The van der Waals surface area contributed by atoms with Crippen LogP contribution in [0.15, 0.2) is 0 Å². The van der Waals surface area contributed by atoms with Crippen LogP contribution in [0.4, 0.5) is 4.79 Å². The van der Waals surface area contributed by atoms with Crippen molar-refractivity contribution in [1.29, 1.82) is 0 Å². The van der Waals surface area contributed by atoms with Crippen molar-refractivity contribution in [2.45, 2.75) is 56.4 Å². The fraction of sp³-hybridized carbons (Fsp3) is 0.917. The lowest BCUT2D eigenvalue weighted by Gasteiger charge is -2.34. The number of hydrogen-bond acceptors (Lipinski definition) is 6. The van der Waals surface area contributed by atoms with Gasteiger partial charge in [0.15, 0.2) is 0 Å². The molecule has 0 radical (unpaired) electrons. The van der Waals surface area contributed by atoms with Gasteiger partial charge in [0.2, 0.25) is 0 Å². The maximum absolute atomic E-state index is 11.6. The van der Waals surface area contributed by atoms with E-state index in [1.54, 1.807) is 0 Å². The zero-order chi connectivity index (χ0) is 14.3. The molecular weight excluding hydrogens is 270 g/mol. The molecule has 0 aromatic carbocycles. The van der Waals surface area contributed by atoms with Gasteiger partial charge in [0.25, 0.3) is 5.24 Å². The molecule has 0 aromatic rings. The molecule has 1 unspecified atom stereocenters. The number of nitrogens with one attached hydrogen (secondary N) is 1. The van der Waals surface area contributed by atoms with E-state index >= 15 is 0 Å². The number of hydrogen-bond donors (Lipinski definition) is 4. The molecule has 19 heavy (non-hydrogen) atoms. The Morgan fingerprint density at radius 1 is 1.26 bits per heavy atom. The van der Waals surface area contributed by atoms with Crippen molar-refractivity contribution in [3.8, 4) is 0 Å². The highest BCUT2D eigenvalue weighted by molar-refractivity contribution is 8.14. The topological polar surface area (TPSA) is 99.0 Å². The molecule has 1 heterocycles. The van der Waals surface area contributed by atoms with Crippen molar-refractivity contribution in [2.75, 3.05) is 13.2 Å². The minimum Gasteiger partial charge on any atom is -0.388 e. The Kier molecular flexibility index (Phi) is 7.70. The quantitative estimate of drug-likeness (QED) is 0.531. The van der Waals surface area contributed by atoms with Crippen LogP contribution in [0.2, 0.25) is 0 Å². The maximum atomic E-state index is 11.6. The Morgan fingerprint density at radius 3 is 2.68 bits per heavy atom. The average molecular weight is 293 g/mol. The highest BCUT2D eigenvalue weighted by Crippen LogP contribution is 2.25.